The van der Waals surface area contributed by atoms with E-state index in [4.69, 9.17) is 16.7 Å². The predicted octanol–water partition coefficient (Wildman–Crippen LogP) is 2.35. The molecule has 0 saturated heterocycles. The third-order valence-corrected chi connectivity index (χ3v) is 7.67. The van der Waals surface area contributed by atoms with E-state index in [2.05, 4.69) is 0 Å². The van der Waals surface area contributed by atoms with E-state index in [0.29, 0.717) is 0 Å². The van der Waals surface area contributed by atoms with Crippen molar-refractivity contribution in [2.24, 2.45) is 0 Å². The number of carboxylic acid groups (broad SMARTS) is 1. The van der Waals surface area contributed by atoms with Crippen LogP contribution in [-0.2, 0) is 9.84 Å². The van der Waals surface area contributed by atoms with Gasteiger partial charge in [-0.15, -0.1) is 0 Å². The first-order valence-corrected chi connectivity index (χ1v) is 8.72. The topological polar surface area (TPSA) is 88.5 Å². The third-order valence-electron chi connectivity index (χ3n) is 2.19. The molecule has 1 aromatic heterocycles. The van der Waals surface area contributed by atoms with E-state index >= 15 is 0 Å². The highest BCUT2D eigenvalue weighted by Crippen LogP contribution is 2.31. The summed E-state index contributed by atoms with van der Waals surface area (Å²) in [5.41, 5.74) is -0.153. The first-order chi connectivity index (χ1) is 8.84. The van der Waals surface area contributed by atoms with Gasteiger partial charge in [0.25, 0.3) is 4.74 Å². The zero-order valence-electron chi connectivity index (χ0n) is 8.99. The number of sulfone groups is 1. The number of hydrogen-bond acceptors (Lipinski definition) is 6. The fourth-order valence-corrected chi connectivity index (χ4v) is 6.53. The van der Waals surface area contributed by atoms with Crippen LogP contribution in [0.2, 0.25) is 5.02 Å². The van der Waals surface area contributed by atoms with E-state index in [-0.39, 0.29) is 19.7 Å². The van der Waals surface area contributed by atoms with Crippen molar-refractivity contribution >= 4 is 48.1 Å². The molecule has 0 amide bonds. The Hall–Kier alpha value is -1.22. The quantitative estimate of drug-likeness (QED) is 0.869. The Kier molecular flexibility index (Phi) is 3.77. The molecule has 19 heavy (non-hydrogen) atoms. The van der Waals surface area contributed by atoms with Crippen LogP contribution in [0, 0.1) is 0 Å². The fraction of sp³-hybridized carbons (Fsp3) is 0. The molecule has 0 bridgehead atoms. The van der Waals surface area contributed by atoms with E-state index in [1.165, 1.54) is 18.2 Å². The number of hydrogen-bond donors (Lipinski definition) is 1. The first kappa shape index (κ1) is 14.2. The Morgan fingerprint density at radius 3 is 2.47 bits per heavy atom. The SMILES string of the molecule is O=C(O)c1cccc(S(=O)(=O)c2ssc(=O)c2Cl)c1. The van der Waals surface area contributed by atoms with Crippen LogP contribution in [-0.4, -0.2) is 19.5 Å². The van der Waals surface area contributed by atoms with E-state index in [9.17, 15) is 18.0 Å². The second-order valence-electron chi connectivity index (χ2n) is 3.39. The summed E-state index contributed by atoms with van der Waals surface area (Å²) in [4.78, 5) is 21.8. The number of carbonyl (C=O) groups is 1. The lowest BCUT2D eigenvalue weighted by molar-refractivity contribution is 0.0696. The van der Waals surface area contributed by atoms with Crippen molar-refractivity contribution in [1.29, 1.82) is 0 Å². The molecule has 1 heterocycles. The van der Waals surface area contributed by atoms with Crippen LogP contribution >= 0.6 is 32.3 Å². The van der Waals surface area contributed by atoms with Crippen molar-refractivity contribution in [3.63, 3.8) is 0 Å². The minimum Gasteiger partial charge on any atom is -0.478 e. The van der Waals surface area contributed by atoms with Gasteiger partial charge in [0, 0.05) is 0 Å². The van der Waals surface area contributed by atoms with Crippen molar-refractivity contribution in [2.75, 3.05) is 0 Å². The largest absolute Gasteiger partial charge is 0.478 e. The molecule has 0 atom stereocenters. The van der Waals surface area contributed by atoms with Gasteiger partial charge in [0.15, 0.2) is 4.21 Å². The van der Waals surface area contributed by atoms with Gasteiger partial charge in [-0.2, -0.15) is 0 Å². The van der Waals surface area contributed by atoms with Gasteiger partial charge in [0.05, 0.1) is 10.5 Å². The van der Waals surface area contributed by atoms with Crippen molar-refractivity contribution in [3.8, 4) is 0 Å². The summed E-state index contributed by atoms with van der Waals surface area (Å²) in [5.74, 6) is -1.23. The Balaban J connectivity index is 2.63. The molecule has 1 aromatic carbocycles. The molecule has 0 aliphatic carbocycles. The van der Waals surface area contributed by atoms with Gasteiger partial charge in [0.1, 0.15) is 5.02 Å². The standard InChI is InChI=1S/C10H5ClO5S3/c11-7-9(14)17-18-10(7)19(15,16)6-3-1-2-5(4-6)8(12)13/h1-4H,(H,12,13). The Labute approximate surface area is 120 Å². The molecule has 0 radical (unpaired) electrons. The minimum absolute atomic E-state index is 0.153. The van der Waals surface area contributed by atoms with Gasteiger partial charge in [-0.1, -0.05) is 28.0 Å². The molecule has 0 saturated carbocycles. The van der Waals surface area contributed by atoms with Crippen LogP contribution in [0.15, 0.2) is 38.2 Å². The average Bonchev–Trinajstić information content (AvgIpc) is 2.70. The Bertz CT molecular complexity index is 803. The lowest BCUT2D eigenvalue weighted by atomic mass is 10.2. The molecule has 0 spiro atoms. The number of aromatic carboxylic acids is 1. The normalized spacial score (nSPS) is 11.4. The molecule has 100 valence electrons. The molecule has 0 aliphatic rings. The van der Waals surface area contributed by atoms with Crippen LogP contribution in [0.3, 0.4) is 0 Å². The van der Waals surface area contributed by atoms with Gasteiger partial charge in [0.2, 0.25) is 9.84 Å². The summed E-state index contributed by atoms with van der Waals surface area (Å²) in [6, 6.07) is 4.88. The second-order valence-corrected chi connectivity index (χ2v) is 8.03. The number of carboxylic acids is 1. The van der Waals surface area contributed by atoms with Crippen LogP contribution in [0.4, 0.5) is 0 Å². The monoisotopic (exact) mass is 336 g/mol. The number of halogens is 1. The molecule has 0 unspecified atom stereocenters. The predicted molar refractivity (Wildman–Crippen MR) is 72.3 cm³/mol. The maximum atomic E-state index is 12.2. The average molecular weight is 337 g/mol. The zero-order chi connectivity index (χ0) is 14.2. The lowest BCUT2D eigenvalue weighted by Gasteiger charge is -2.03. The highest BCUT2D eigenvalue weighted by molar-refractivity contribution is 7.95. The fourth-order valence-electron chi connectivity index (χ4n) is 1.30. The van der Waals surface area contributed by atoms with Crippen LogP contribution < -0.4 is 4.74 Å². The molecule has 2 aromatic rings. The molecular formula is C10H5ClO5S3. The van der Waals surface area contributed by atoms with Gasteiger partial charge in [-0.25, -0.2) is 13.2 Å². The second kappa shape index (κ2) is 5.04. The third kappa shape index (κ3) is 2.57. The van der Waals surface area contributed by atoms with Crippen molar-refractivity contribution in [3.05, 3.63) is 44.4 Å². The molecule has 0 aliphatic heterocycles. The van der Waals surface area contributed by atoms with E-state index in [1.54, 1.807) is 0 Å². The first-order valence-electron chi connectivity index (χ1n) is 4.71. The molecular weight excluding hydrogens is 332 g/mol. The van der Waals surface area contributed by atoms with Crippen molar-refractivity contribution < 1.29 is 18.3 Å². The van der Waals surface area contributed by atoms with E-state index in [0.717, 1.165) is 26.7 Å². The van der Waals surface area contributed by atoms with Crippen LogP contribution in [0.25, 0.3) is 0 Å². The molecule has 2 rings (SSSR count). The summed E-state index contributed by atoms with van der Waals surface area (Å²) in [6.07, 6.45) is 0. The van der Waals surface area contributed by atoms with E-state index < -0.39 is 20.5 Å². The highest BCUT2D eigenvalue weighted by Gasteiger charge is 2.25. The lowest BCUT2D eigenvalue weighted by Crippen LogP contribution is -2.05. The Morgan fingerprint density at radius 1 is 1.26 bits per heavy atom. The Morgan fingerprint density at radius 2 is 1.95 bits per heavy atom. The van der Waals surface area contributed by atoms with Gasteiger partial charge in [-0.05, 0) is 28.5 Å². The van der Waals surface area contributed by atoms with Gasteiger partial charge in [-0.3, -0.25) is 4.79 Å². The minimum atomic E-state index is -3.97. The summed E-state index contributed by atoms with van der Waals surface area (Å²) in [7, 11) is -2.50. The zero-order valence-corrected chi connectivity index (χ0v) is 12.2. The summed E-state index contributed by atoms with van der Waals surface area (Å²) >= 11 is 5.66. The van der Waals surface area contributed by atoms with E-state index in [1.807, 2.05) is 0 Å². The molecule has 9 heteroatoms. The molecule has 1 N–H and O–H groups in total. The summed E-state index contributed by atoms with van der Waals surface area (Å²) < 4.78 is 23.7. The van der Waals surface area contributed by atoms with Crippen LogP contribution in [0.1, 0.15) is 10.4 Å². The maximum absolute atomic E-state index is 12.2. The molecule has 0 fully saturated rings. The highest BCUT2D eigenvalue weighted by atomic mass is 35.5. The van der Waals surface area contributed by atoms with Crippen molar-refractivity contribution in [1.82, 2.24) is 0 Å². The molecule has 5 nitrogen and oxygen atoms in total. The number of benzene rings is 1. The van der Waals surface area contributed by atoms with Gasteiger partial charge < -0.3 is 5.11 Å². The summed E-state index contributed by atoms with van der Waals surface area (Å²) in [6.45, 7) is 0. The van der Waals surface area contributed by atoms with Crippen molar-refractivity contribution in [2.45, 2.75) is 9.10 Å². The number of rotatable bonds is 3. The smallest absolute Gasteiger partial charge is 0.335 e. The summed E-state index contributed by atoms with van der Waals surface area (Å²) in [5, 5.41) is 8.49. The van der Waals surface area contributed by atoms with Crippen LogP contribution in [0.5, 0.6) is 0 Å². The van der Waals surface area contributed by atoms with Gasteiger partial charge >= 0.3 is 5.97 Å². The maximum Gasteiger partial charge on any atom is 0.335 e.